The third-order valence-electron chi connectivity index (χ3n) is 6.34. The summed E-state index contributed by atoms with van der Waals surface area (Å²) < 4.78 is 27.4. The summed E-state index contributed by atoms with van der Waals surface area (Å²) in [7, 11) is -2.69. The molecule has 0 aliphatic carbocycles. The second-order valence-electron chi connectivity index (χ2n) is 9.32. The van der Waals surface area contributed by atoms with Crippen LogP contribution in [0.5, 0.6) is 0 Å². The van der Waals surface area contributed by atoms with Crippen molar-refractivity contribution in [2.45, 2.75) is 43.7 Å². The van der Waals surface area contributed by atoms with E-state index >= 15 is 0 Å². The van der Waals surface area contributed by atoms with Crippen molar-refractivity contribution in [2.24, 2.45) is 0 Å². The van der Waals surface area contributed by atoms with Gasteiger partial charge in [0.25, 0.3) is 0 Å². The molecule has 1 atom stereocenters. The largest absolute Gasteiger partial charge is 0.354 e. The van der Waals surface area contributed by atoms with Crippen LogP contribution in [0, 0.1) is 0 Å². The van der Waals surface area contributed by atoms with Crippen molar-refractivity contribution in [3.8, 4) is 0 Å². The van der Waals surface area contributed by atoms with E-state index in [1.807, 2.05) is 37.3 Å². The van der Waals surface area contributed by atoms with E-state index in [9.17, 15) is 18.0 Å². The molecule has 0 bridgehead atoms. The fourth-order valence-corrected chi connectivity index (χ4v) is 5.76. The number of rotatable bonds is 13. The van der Waals surface area contributed by atoms with Gasteiger partial charge >= 0.3 is 0 Å². The summed E-state index contributed by atoms with van der Waals surface area (Å²) in [5.74, 6) is -0.892. The minimum atomic E-state index is -4.01. The van der Waals surface area contributed by atoms with Gasteiger partial charge in [-0.2, -0.15) is 4.31 Å². The van der Waals surface area contributed by atoms with Crippen molar-refractivity contribution >= 4 is 56.6 Å². The maximum atomic E-state index is 13.9. The van der Waals surface area contributed by atoms with Crippen LogP contribution in [-0.4, -0.2) is 55.6 Å². The molecule has 0 aliphatic rings. The summed E-state index contributed by atoms with van der Waals surface area (Å²) in [5.41, 5.74) is 1.42. The van der Waals surface area contributed by atoms with Crippen molar-refractivity contribution in [3.63, 3.8) is 0 Å². The van der Waals surface area contributed by atoms with Gasteiger partial charge in [0.15, 0.2) is 0 Å². The molecule has 2 amide bonds. The van der Waals surface area contributed by atoms with Gasteiger partial charge in [0.2, 0.25) is 21.8 Å². The summed E-state index contributed by atoms with van der Waals surface area (Å²) in [6.07, 6.45) is 1.90. The predicted molar refractivity (Wildman–Crippen MR) is 160 cm³/mol. The molecule has 0 saturated carbocycles. The average Bonchev–Trinajstić information content (AvgIpc) is 2.92. The molecule has 0 fully saturated rings. The van der Waals surface area contributed by atoms with Crippen molar-refractivity contribution < 1.29 is 18.0 Å². The Labute approximate surface area is 251 Å². The first-order valence-corrected chi connectivity index (χ1v) is 15.4. The molecule has 11 heteroatoms. The van der Waals surface area contributed by atoms with Gasteiger partial charge < -0.3 is 10.2 Å². The number of hydrogen-bond acceptors (Lipinski definition) is 4. The van der Waals surface area contributed by atoms with Crippen molar-refractivity contribution in [1.29, 1.82) is 0 Å². The number of nitrogens with zero attached hydrogens (tertiary/aromatic N) is 2. The van der Waals surface area contributed by atoms with Crippen LogP contribution in [-0.2, 0) is 32.6 Å². The van der Waals surface area contributed by atoms with Crippen LogP contribution in [0.2, 0.25) is 15.1 Å². The molecule has 214 valence electrons. The highest BCUT2D eigenvalue weighted by Gasteiger charge is 2.33. The summed E-state index contributed by atoms with van der Waals surface area (Å²) >= 11 is 18.5. The van der Waals surface area contributed by atoms with Crippen molar-refractivity contribution in [2.75, 3.05) is 20.1 Å². The predicted octanol–water partition coefficient (Wildman–Crippen LogP) is 5.82. The van der Waals surface area contributed by atoms with Crippen LogP contribution < -0.4 is 5.32 Å². The summed E-state index contributed by atoms with van der Waals surface area (Å²) in [6.45, 7) is 1.95. The number of nitrogens with one attached hydrogen (secondary N) is 1. The zero-order valence-electron chi connectivity index (χ0n) is 22.3. The lowest BCUT2D eigenvalue weighted by molar-refractivity contribution is -0.141. The molecule has 0 radical (unpaired) electrons. The highest BCUT2D eigenvalue weighted by atomic mass is 35.5. The fourth-order valence-electron chi connectivity index (χ4n) is 4.05. The SMILES string of the molecule is CCCCNC(=O)[C@@H](Cc1ccccc1)N(Cc1ccc(Cl)cc1Cl)C(=O)CN(C)S(=O)(=O)c1ccc(Cl)cc1. The molecule has 3 aromatic carbocycles. The van der Waals surface area contributed by atoms with E-state index < -0.39 is 28.5 Å². The van der Waals surface area contributed by atoms with Crippen molar-refractivity contribution in [3.05, 3.63) is 99.0 Å². The van der Waals surface area contributed by atoms with E-state index in [1.54, 1.807) is 18.2 Å². The number of likely N-dealkylation sites (N-methyl/N-ethyl adjacent to an activating group) is 1. The number of halogens is 3. The van der Waals surface area contributed by atoms with E-state index in [0.717, 1.165) is 22.7 Å². The van der Waals surface area contributed by atoms with Gasteiger partial charge in [-0.15, -0.1) is 0 Å². The lowest BCUT2D eigenvalue weighted by atomic mass is 10.0. The van der Waals surface area contributed by atoms with Gasteiger partial charge in [-0.05, 0) is 53.9 Å². The average molecular weight is 625 g/mol. The molecule has 3 rings (SSSR count). The van der Waals surface area contributed by atoms with E-state index in [-0.39, 0.29) is 23.8 Å². The van der Waals surface area contributed by atoms with Gasteiger partial charge in [-0.25, -0.2) is 8.42 Å². The fraction of sp³-hybridized carbons (Fsp3) is 0.310. The molecule has 3 aromatic rings. The van der Waals surface area contributed by atoms with Gasteiger partial charge in [0.1, 0.15) is 6.04 Å². The molecule has 0 heterocycles. The quantitative estimate of drug-likeness (QED) is 0.243. The van der Waals surface area contributed by atoms with E-state index in [2.05, 4.69) is 5.32 Å². The molecule has 7 nitrogen and oxygen atoms in total. The van der Waals surface area contributed by atoms with Crippen LogP contribution in [0.1, 0.15) is 30.9 Å². The Morgan fingerprint density at radius 3 is 2.20 bits per heavy atom. The Bertz CT molecular complexity index is 1400. The first-order valence-electron chi connectivity index (χ1n) is 12.8. The number of hydrogen-bond donors (Lipinski definition) is 1. The Kier molecular flexibility index (Phi) is 11.8. The minimum absolute atomic E-state index is 0.00219. The number of benzene rings is 3. The highest BCUT2D eigenvalue weighted by molar-refractivity contribution is 7.89. The minimum Gasteiger partial charge on any atom is -0.354 e. The normalized spacial score (nSPS) is 12.2. The van der Waals surface area contributed by atoms with Gasteiger partial charge in [0, 0.05) is 41.6 Å². The number of carbonyl (C=O) groups excluding carboxylic acids is 2. The topological polar surface area (TPSA) is 86.8 Å². The Morgan fingerprint density at radius 1 is 0.925 bits per heavy atom. The maximum Gasteiger partial charge on any atom is 0.243 e. The summed E-state index contributed by atoms with van der Waals surface area (Å²) in [5, 5.41) is 4.08. The first-order chi connectivity index (χ1) is 19.0. The van der Waals surface area contributed by atoms with Gasteiger partial charge in [-0.1, -0.05) is 84.5 Å². The summed E-state index contributed by atoms with van der Waals surface area (Å²) in [6, 6.07) is 19.0. The second-order valence-corrected chi connectivity index (χ2v) is 12.6. The van der Waals surface area contributed by atoms with E-state index in [0.29, 0.717) is 27.2 Å². The molecule has 40 heavy (non-hydrogen) atoms. The van der Waals surface area contributed by atoms with E-state index in [1.165, 1.54) is 36.2 Å². The van der Waals surface area contributed by atoms with Crippen molar-refractivity contribution in [1.82, 2.24) is 14.5 Å². The Morgan fingerprint density at radius 2 is 1.57 bits per heavy atom. The van der Waals surface area contributed by atoms with Crippen LogP contribution in [0.15, 0.2) is 77.7 Å². The van der Waals surface area contributed by atoms with Crippen LogP contribution in [0.25, 0.3) is 0 Å². The zero-order chi connectivity index (χ0) is 29.3. The molecule has 1 N–H and O–H groups in total. The lowest BCUT2D eigenvalue weighted by Crippen LogP contribution is -2.53. The molecular formula is C29H32Cl3N3O4S. The van der Waals surface area contributed by atoms with Crippen LogP contribution in [0.3, 0.4) is 0 Å². The Balaban J connectivity index is 1.98. The highest BCUT2D eigenvalue weighted by Crippen LogP contribution is 2.25. The summed E-state index contributed by atoms with van der Waals surface area (Å²) in [4.78, 5) is 28.8. The first kappa shape index (κ1) is 31.9. The van der Waals surface area contributed by atoms with Gasteiger partial charge in [-0.3, -0.25) is 9.59 Å². The molecule has 0 saturated heterocycles. The maximum absolute atomic E-state index is 13.9. The third kappa shape index (κ3) is 8.69. The molecule has 0 aliphatic heterocycles. The molecule has 0 spiro atoms. The molecule has 0 unspecified atom stereocenters. The Hall–Kier alpha value is -2.62. The van der Waals surface area contributed by atoms with E-state index in [4.69, 9.17) is 34.8 Å². The number of sulfonamides is 1. The number of unbranched alkanes of at least 4 members (excludes halogenated alkanes) is 1. The van der Waals surface area contributed by atoms with Gasteiger partial charge in [0.05, 0.1) is 11.4 Å². The lowest BCUT2D eigenvalue weighted by Gasteiger charge is -2.33. The standard InChI is InChI=1S/C29H32Cl3N3O4S/c1-3-4-16-33-29(37)27(17-21-8-6-5-7-9-21)35(19-22-10-11-24(31)18-26(22)32)28(36)20-34(2)40(38,39)25-14-12-23(30)13-15-25/h5-15,18,27H,3-4,16-17,19-20H2,1-2H3,(H,33,37)/t27-/m1/s1. The smallest absolute Gasteiger partial charge is 0.243 e. The number of amides is 2. The zero-order valence-corrected chi connectivity index (χ0v) is 25.4. The third-order valence-corrected chi connectivity index (χ3v) is 8.99. The van der Waals surface area contributed by atoms with Crippen LogP contribution >= 0.6 is 34.8 Å². The second kappa shape index (κ2) is 14.8. The monoisotopic (exact) mass is 623 g/mol. The van der Waals surface area contributed by atoms with Crippen LogP contribution in [0.4, 0.5) is 0 Å². The molecule has 0 aromatic heterocycles. The number of carbonyl (C=O) groups is 2. The molecular weight excluding hydrogens is 593 g/mol.